The van der Waals surface area contributed by atoms with Gasteiger partial charge in [0.15, 0.2) is 11.6 Å². The second-order valence-corrected chi connectivity index (χ2v) is 4.19. The highest BCUT2D eigenvalue weighted by Crippen LogP contribution is 2.15. The number of nitrogens with zero attached hydrogens (tertiary/aromatic N) is 4. The smallest absolute Gasteiger partial charge is 0.339 e. The van der Waals surface area contributed by atoms with Crippen LogP contribution in [-0.4, -0.2) is 30.8 Å². The van der Waals surface area contributed by atoms with Crippen LogP contribution in [0.5, 0.6) is 0 Å². The van der Waals surface area contributed by atoms with E-state index in [-0.39, 0.29) is 5.56 Å². The summed E-state index contributed by atoms with van der Waals surface area (Å²) < 4.78 is 1.54. The number of pyridine rings is 1. The SMILES string of the molecule is CCc1nc(CC)n(-c2nc(C)ccc2C(=O)O)n1. The molecule has 2 heterocycles. The van der Waals surface area contributed by atoms with Crippen molar-refractivity contribution in [2.24, 2.45) is 0 Å². The number of carbonyl (C=O) groups is 1. The number of carboxylic acids is 1. The number of hydrogen-bond acceptors (Lipinski definition) is 4. The van der Waals surface area contributed by atoms with E-state index >= 15 is 0 Å². The zero-order valence-corrected chi connectivity index (χ0v) is 11.2. The van der Waals surface area contributed by atoms with Gasteiger partial charge in [-0.05, 0) is 19.1 Å². The Morgan fingerprint density at radius 1 is 1.26 bits per heavy atom. The molecule has 2 aromatic rings. The molecule has 6 heteroatoms. The second-order valence-electron chi connectivity index (χ2n) is 4.19. The Hall–Kier alpha value is -2.24. The van der Waals surface area contributed by atoms with E-state index in [1.807, 2.05) is 20.8 Å². The molecule has 0 aliphatic heterocycles. The van der Waals surface area contributed by atoms with Crippen LogP contribution >= 0.6 is 0 Å². The van der Waals surface area contributed by atoms with Crippen LogP contribution in [-0.2, 0) is 12.8 Å². The van der Waals surface area contributed by atoms with Crippen molar-refractivity contribution in [2.75, 3.05) is 0 Å². The number of aromatic nitrogens is 4. The average molecular weight is 260 g/mol. The molecule has 0 atom stereocenters. The quantitative estimate of drug-likeness (QED) is 0.906. The van der Waals surface area contributed by atoms with Crippen molar-refractivity contribution in [1.82, 2.24) is 19.7 Å². The van der Waals surface area contributed by atoms with Gasteiger partial charge in [0.2, 0.25) is 0 Å². The summed E-state index contributed by atoms with van der Waals surface area (Å²) in [6.45, 7) is 5.73. The van der Waals surface area contributed by atoms with E-state index in [9.17, 15) is 9.90 Å². The van der Waals surface area contributed by atoms with Gasteiger partial charge in [-0.25, -0.2) is 14.8 Å². The number of carboxylic acid groups (broad SMARTS) is 1. The molecule has 0 unspecified atom stereocenters. The Balaban J connectivity index is 2.66. The van der Waals surface area contributed by atoms with E-state index in [0.29, 0.717) is 24.5 Å². The molecule has 0 aliphatic carbocycles. The fourth-order valence-corrected chi connectivity index (χ4v) is 1.81. The lowest BCUT2D eigenvalue weighted by Gasteiger charge is -2.07. The highest BCUT2D eigenvalue weighted by Gasteiger charge is 2.18. The summed E-state index contributed by atoms with van der Waals surface area (Å²) in [6.07, 6.45) is 1.37. The first-order chi connectivity index (χ1) is 9.06. The molecule has 0 aliphatic rings. The molecule has 0 saturated heterocycles. The lowest BCUT2D eigenvalue weighted by molar-refractivity contribution is 0.0696. The van der Waals surface area contributed by atoms with Crippen molar-refractivity contribution < 1.29 is 9.90 Å². The molecular weight excluding hydrogens is 244 g/mol. The lowest BCUT2D eigenvalue weighted by Crippen LogP contribution is -2.12. The molecule has 0 aromatic carbocycles. The summed E-state index contributed by atoms with van der Waals surface area (Å²) in [5, 5.41) is 13.6. The fraction of sp³-hybridized carbons (Fsp3) is 0.385. The van der Waals surface area contributed by atoms with E-state index in [0.717, 1.165) is 11.5 Å². The molecular formula is C13H16N4O2. The molecule has 0 radical (unpaired) electrons. The second kappa shape index (κ2) is 5.17. The average Bonchev–Trinajstić information content (AvgIpc) is 2.81. The summed E-state index contributed by atoms with van der Waals surface area (Å²) >= 11 is 0. The third kappa shape index (κ3) is 2.47. The van der Waals surface area contributed by atoms with Gasteiger partial charge in [-0.2, -0.15) is 4.68 Å². The van der Waals surface area contributed by atoms with Gasteiger partial charge in [0, 0.05) is 18.5 Å². The fourth-order valence-electron chi connectivity index (χ4n) is 1.81. The van der Waals surface area contributed by atoms with Gasteiger partial charge in [0.25, 0.3) is 0 Å². The van der Waals surface area contributed by atoms with E-state index in [1.165, 1.54) is 4.68 Å². The monoisotopic (exact) mass is 260 g/mol. The zero-order chi connectivity index (χ0) is 14.0. The van der Waals surface area contributed by atoms with Crippen molar-refractivity contribution in [3.05, 3.63) is 35.0 Å². The highest BCUT2D eigenvalue weighted by molar-refractivity contribution is 5.91. The number of aryl methyl sites for hydroxylation is 3. The van der Waals surface area contributed by atoms with Crippen molar-refractivity contribution >= 4 is 5.97 Å². The summed E-state index contributed by atoms with van der Waals surface area (Å²) in [5.74, 6) is 0.726. The van der Waals surface area contributed by atoms with Gasteiger partial charge >= 0.3 is 5.97 Å². The number of hydrogen-bond donors (Lipinski definition) is 1. The number of rotatable bonds is 4. The zero-order valence-electron chi connectivity index (χ0n) is 11.2. The van der Waals surface area contributed by atoms with Crippen molar-refractivity contribution in [2.45, 2.75) is 33.6 Å². The number of aromatic carboxylic acids is 1. The van der Waals surface area contributed by atoms with Crippen LogP contribution < -0.4 is 0 Å². The van der Waals surface area contributed by atoms with Crippen molar-refractivity contribution in [1.29, 1.82) is 0 Å². The lowest BCUT2D eigenvalue weighted by atomic mass is 10.2. The van der Waals surface area contributed by atoms with Crippen LogP contribution in [0.1, 0.15) is 41.5 Å². The van der Waals surface area contributed by atoms with Crippen LogP contribution in [0.15, 0.2) is 12.1 Å². The topological polar surface area (TPSA) is 80.9 Å². The molecule has 0 fully saturated rings. The third-order valence-electron chi connectivity index (χ3n) is 2.80. The molecule has 1 N–H and O–H groups in total. The minimum atomic E-state index is -1.02. The summed E-state index contributed by atoms with van der Waals surface area (Å²) in [5.41, 5.74) is 0.878. The van der Waals surface area contributed by atoms with Crippen LogP contribution in [0.4, 0.5) is 0 Å². The Labute approximate surface area is 111 Å². The molecule has 19 heavy (non-hydrogen) atoms. The van der Waals surface area contributed by atoms with E-state index in [1.54, 1.807) is 12.1 Å². The van der Waals surface area contributed by atoms with Gasteiger partial charge in [-0.1, -0.05) is 13.8 Å². The molecule has 0 saturated carbocycles. The highest BCUT2D eigenvalue weighted by atomic mass is 16.4. The maximum Gasteiger partial charge on any atom is 0.339 e. The predicted molar refractivity (Wildman–Crippen MR) is 69.6 cm³/mol. The van der Waals surface area contributed by atoms with Crippen LogP contribution in [0.3, 0.4) is 0 Å². The van der Waals surface area contributed by atoms with Gasteiger partial charge < -0.3 is 5.11 Å². The first-order valence-electron chi connectivity index (χ1n) is 6.22. The molecule has 6 nitrogen and oxygen atoms in total. The standard InChI is InChI=1S/C13H16N4O2/c1-4-10-15-11(5-2)17(16-10)12-9(13(18)19)7-6-8(3)14-12/h6-7H,4-5H2,1-3H3,(H,18,19). The third-order valence-corrected chi connectivity index (χ3v) is 2.80. The summed E-state index contributed by atoms with van der Waals surface area (Å²) in [4.78, 5) is 20.0. The van der Waals surface area contributed by atoms with Crippen molar-refractivity contribution in [3.8, 4) is 5.82 Å². The van der Waals surface area contributed by atoms with Gasteiger partial charge in [-0.15, -0.1) is 5.10 Å². The maximum atomic E-state index is 11.3. The van der Waals surface area contributed by atoms with E-state index in [2.05, 4.69) is 15.1 Å². The molecule has 0 amide bonds. The molecule has 100 valence electrons. The van der Waals surface area contributed by atoms with Gasteiger partial charge in [0.1, 0.15) is 11.4 Å². The summed E-state index contributed by atoms with van der Waals surface area (Å²) in [7, 11) is 0. The first-order valence-corrected chi connectivity index (χ1v) is 6.22. The van der Waals surface area contributed by atoms with E-state index < -0.39 is 5.97 Å². The molecule has 2 aromatic heterocycles. The van der Waals surface area contributed by atoms with E-state index in [4.69, 9.17) is 0 Å². The normalized spacial score (nSPS) is 10.7. The van der Waals surface area contributed by atoms with Crippen LogP contribution in [0.2, 0.25) is 0 Å². The molecule has 0 bridgehead atoms. The Bertz CT molecular complexity index is 619. The van der Waals surface area contributed by atoms with Crippen LogP contribution in [0.25, 0.3) is 5.82 Å². The molecule has 0 spiro atoms. The largest absolute Gasteiger partial charge is 0.478 e. The van der Waals surface area contributed by atoms with Crippen molar-refractivity contribution in [3.63, 3.8) is 0 Å². The Morgan fingerprint density at radius 3 is 2.58 bits per heavy atom. The minimum absolute atomic E-state index is 0.132. The molecule has 2 rings (SSSR count). The Kier molecular flexibility index (Phi) is 3.59. The summed E-state index contributed by atoms with van der Waals surface area (Å²) in [6, 6.07) is 3.23. The Morgan fingerprint density at radius 2 is 2.00 bits per heavy atom. The van der Waals surface area contributed by atoms with Gasteiger partial charge in [-0.3, -0.25) is 0 Å². The van der Waals surface area contributed by atoms with Gasteiger partial charge in [0.05, 0.1) is 0 Å². The van der Waals surface area contributed by atoms with Crippen LogP contribution in [0, 0.1) is 6.92 Å². The first kappa shape index (κ1) is 13.2. The predicted octanol–water partition coefficient (Wildman–Crippen LogP) is 1.79. The minimum Gasteiger partial charge on any atom is -0.478 e. The maximum absolute atomic E-state index is 11.3.